The normalized spacial score (nSPS) is 9.60. The largest absolute Gasteiger partial charge is 0.283 e. The fourth-order valence-corrected chi connectivity index (χ4v) is 0.896. The fraction of sp³-hybridized carbons (Fsp3) is 0. The molecule has 0 atom stereocenters. The zero-order valence-electron chi connectivity index (χ0n) is 7.02. The van der Waals surface area contributed by atoms with Crippen molar-refractivity contribution in [2.24, 2.45) is 0 Å². The number of nitro benzene ring substituents is 3. The Kier molecular flexibility index (Phi) is 2.56. The van der Waals surface area contributed by atoms with E-state index in [1.54, 1.807) is 0 Å². The van der Waals surface area contributed by atoms with Gasteiger partial charge in [-0.25, -0.2) is 0 Å². The number of hydrogen-bond donors (Lipinski definition) is 0. The molecule has 0 saturated heterocycles. The van der Waals surface area contributed by atoms with E-state index >= 15 is 0 Å². The molecule has 0 aliphatic carbocycles. The molecule has 9 heteroatoms. The lowest BCUT2D eigenvalue weighted by atomic mass is 10.2. The van der Waals surface area contributed by atoms with Gasteiger partial charge in [-0.1, -0.05) is 0 Å². The molecule has 1 rings (SSSR count). The SMILES string of the molecule is O=[N+]([O-])c1cc([N+](=O)[O-])cc([N+](=O)[O-])c1. The summed E-state index contributed by atoms with van der Waals surface area (Å²) < 4.78 is 0. The van der Waals surface area contributed by atoms with Crippen LogP contribution in [0, 0.1) is 30.3 Å². The Balaban J connectivity index is 3.39. The summed E-state index contributed by atoms with van der Waals surface area (Å²) in [4.78, 5) is 28.1. The van der Waals surface area contributed by atoms with Crippen molar-refractivity contribution in [1.29, 1.82) is 0 Å². The quantitative estimate of drug-likeness (QED) is 0.551. The lowest BCUT2D eigenvalue weighted by molar-refractivity contribution is -0.403. The minimum absolute atomic E-state index is 0.660. The van der Waals surface area contributed by atoms with Gasteiger partial charge >= 0.3 is 0 Å². The Bertz CT molecular complexity index is 377. The second-order valence-corrected chi connectivity index (χ2v) is 2.48. The monoisotopic (exact) mass is 213 g/mol. The van der Waals surface area contributed by atoms with E-state index < -0.39 is 31.8 Å². The van der Waals surface area contributed by atoms with Gasteiger partial charge in [0, 0.05) is 0 Å². The van der Waals surface area contributed by atoms with Gasteiger partial charge in [0.1, 0.15) is 0 Å². The summed E-state index contributed by atoms with van der Waals surface area (Å²) >= 11 is 0. The average molecular weight is 213 g/mol. The highest BCUT2D eigenvalue weighted by Crippen LogP contribution is 2.26. The molecule has 0 amide bonds. The second-order valence-electron chi connectivity index (χ2n) is 2.48. The first-order chi connectivity index (χ1) is 6.91. The third kappa shape index (κ3) is 2.21. The minimum atomic E-state index is -0.931. The van der Waals surface area contributed by atoms with Crippen LogP contribution >= 0.6 is 0 Å². The van der Waals surface area contributed by atoms with Crippen LogP contribution in [0.25, 0.3) is 0 Å². The van der Waals surface area contributed by atoms with E-state index in [2.05, 4.69) is 0 Å². The van der Waals surface area contributed by atoms with Crippen LogP contribution in [0.2, 0.25) is 0 Å². The van der Waals surface area contributed by atoms with Crippen molar-refractivity contribution in [3.05, 3.63) is 48.5 Å². The van der Waals surface area contributed by atoms with Gasteiger partial charge in [0.25, 0.3) is 17.1 Å². The Morgan fingerprint density at radius 2 is 0.867 bits per heavy atom. The zero-order chi connectivity index (χ0) is 11.6. The smallest absolute Gasteiger partial charge is 0.258 e. The highest BCUT2D eigenvalue weighted by molar-refractivity contribution is 5.52. The van der Waals surface area contributed by atoms with Crippen LogP contribution in [-0.2, 0) is 0 Å². The second kappa shape index (κ2) is 3.65. The predicted octanol–water partition coefficient (Wildman–Crippen LogP) is 1.41. The molecule has 0 fully saturated rings. The summed E-state index contributed by atoms with van der Waals surface area (Å²) in [6.45, 7) is 0. The van der Waals surface area contributed by atoms with Gasteiger partial charge in [-0.2, -0.15) is 0 Å². The Labute approximate surface area is 81.4 Å². The average Bonchev–Trinajstić information content (AvgIpc) is 2.16. The molecule has 78 valence electrons. The van der Waals surface area contributed by atoms with Crippen molar-refractivity contribution < 1.29 is 14.8 Å². The fourth-order valence-electron chi connectivity index (χ4n) is 0.896. The topological polar surface area (TPSA) is 129 Å². The van der Waals surface area contributed by atoms with Crippen molar-refractivity contribution >= 4 is 17.1 Å². The van der Waals surface area contributed by atoms with Gasteiger partial charge in [-0.3, -0.25) is 30.3 Å². The molecule has 0 aliphatic rings. The van der Waals surface area contributed by atoms with Crippen LogP contribution in [0.1, 0.15) is 0 Å². The van der Waals surface area contributed by atoms with Crippen molar-refractivity contribution in [2.45, 2.75) is 0 Å². The van der Waals surface area contributed by atoms with Gasteiger partial charge < -0.3 is 0 Å². The van der Waals surface area contributed by atoms with E-state index in [0.29, 0.717) is 18.2 Å². The van der Waals surface area contributed by atoms with Gasteiger partial charge in [0.05, 0.1) is 33.0 Å². The number of benzene rings is 1. The molecule has 0 spiro atoms. The maximum Gasteiger partial charge on any atom is 0.283 e. The summed E-state index contributed by atoms with van der Waals surface area (Å²) in [6, 6.07) is 1.98. The van der Waals surface area contributed by atoms with Crippen LogP contribution < -0.4 is 0 Å². The summed E-state index contributed by atoms with van der Waals surface area (Å²) in [6.07, 6.45) is 0. The van der Waals surface area contributed by atoms with Crippen molar-refractivity contribution in [2.75, 3.05) is 0 Å². The van der Waals surface area contributed by atoms with E-state index in [0.717, 1.165) is 0 Å². The molecule has 0 N–H and O–H groups in total. The van der Waals surface area contributed by atoms with Crippen molar-refractivity contribution in [3.8, 4) is 0 Å². The Morgan fingerprint density at radius 1 is 0.667 bits per heavy atom. The third-order valence-electron chi connectivity index (χ3n) is 1.52. The molecule has 1 aromatic rings. The number of nitrogens with zero attached hydrogens (tertiary/aromatic N) is 3. The molecule has 0 heterocycles. The number of rotatable bonds is 3. The third-order valence-corrected chi connectivity index (χ3v) is 1.52. The molecular weight excluding hydrogens is 210 g/mol. The molecule has 0 saturated carbocycles. The minimum Gasteiger partial charge on any atom is -0.258 e. The first kappa shape index (κ1) is 10.5. The van der Waals surface area contributed by atoms with E-state index in [1.807, 2.05) is 0 Å². The molecule has 0 unspecified atom stereocenters. The molecule has 1 aromatic carbocycles. The first-order valence-electron chi connectivity index (χ1n) is 3.50. The van der Waals surface area contributed by atoms with E-state index in [4.69, 9.17) is 0 Å². The van der Waals surface area contributed by atoms with Crippen LogP contribution in [0.3, 0.4) is 0 Å². The molecule has 15 heavy (non-hydrogen) atoms. The molecule has 0 aromatic heterocycles. The van der Waals surface area contributed by atoms with Gasteiger partial charge in [0.2, 0.25) is 0 Å². The van der Waals surface area contributed by atoms with E-state index in [9.17, 15) is 30.3 Å². The highest BCUT2D eigenvalue weighted by Gasteiger charge is 2.21. The summed E-state index contributed by atoms with van der Waals surface area (Å²) in [7, 11) is 0. The lowest BCUT2D eigenvalue weighted by Gasteiger charge is -1.93. The number of hydrogen-bond acceptors (Lipinski definition) is 6. The standard InChI is InChI=1S/C6H3N3O6/c10-7(11)4-1-5(8(12)13)3-6(2-4)9(14)15/h1-3H. The Morgan fingerprint density at radius 3 is 1.00 bits per heavy atom. The molecule has 0 aliphatic heterocycles. The van der Waals surface area contributed by atoms with Gasteiger partial charge in [-0.05, 0) is 0 Å². The maximum atomic E-state index is 10.3. The molecular formula is C6H3N3O6. The number of nitro groups is 3. The Hall–Kier alpha value is -2.58. The highest BCUT2D eigenvalue weighted by atomic mass is 16.6. The van der Waals surface area contributed by atoms with Crippen LogP contribution in [0.5, 0.6) is 0 Å². The predicted molar refractivity (Wildman–Crippen MR) is 46.4 cm³/mol. The molecule has 0 radical (unpaired) electrons. The van der Waals surface area contributed by atoms with Crippen molar-refractivity contribution in [1.82, 2.24) is 0 Å². The first-order valence-corrected chi connectivity index (χ1v) is 3.50. The summed E-state index contributed by atoms with van der Waals surface area (Å²) in [5.41, 5.74) is -2.05. The van der Waals surface area contributed by atoms with E-state index in [-0.39, 0.29) is 0 Å². The molecule has 0 bridgehead atoms. The zero-order valence-corrected chi connectivity index (χ0v) is 7.02. The van der Waals surface area contributed by atoms with Crippen molar-refractivity contribution in [3.63, 3.8) is 0 Å². The van der Waals surface area contributed by atoms with Crippen LogP contribution in [0.4, 0.5) is 17.1 Å². The number of non-ortho nitro benzene ring substituents is 3. The summed E-state index contributed by atoms with van der Waals surface area (Å²) in [5, 5.41) is 30.9. The lowest BCUT2D eigenvalue weighted by Crippen LogP contribution is -1.96. The van der Waals surface area contributed by atoms with Crippen LogP contribution in [-0.4, -0.2) is 14.8 Å². The molecule has 9 nitrogen and oxygen atoms in total. The van der Waals surface area contributed by atoms with Gasteiger partial charge in [0.15, 0.2) is 0 Å². The van der Waals surface area contributed by atoms with E-state index in [1.165, 1.54) is 0 Å². The van der Waals surface area contributed by atoms with Gasteiger partial charge in [-0.15, -0.1) is 0 Å². The maximum absolute atomic E-state index is 10.3. The van der Waals surface area contributed by atoms with Crippen LogP contribution in [0.15, 0.2) is 18.2 Å². The summed E-state index contributed by atoms with van der Waals surface area (Å²) in [5.74, 6) is 0.